The lowest BCUT2D eigenvalue weighted by Gasteiger charge is -2.35. The van der Waals surface area contributed by atoms with Crippen LogP contribution >= 0.6 is 0 Å². The molecule has 2 unspecified atom stereocenters. The number of hydrogen-bond acceptors (Lipinski definition) is 3. The summed E-state index contributed by atoms with van der Waals surface area (Å²) < 4.78 is 5.12. The first-order valence-electron chi connectivity index (χ1n) is 6.59. The van der Waals surface area contributed by atoms with Gasteiger partial charge in [-0.15, -0.1) is 0 Å². The van der Waals surface area contributed by atoms with Gasteiger partial charge >= 0.3 is 0 Å². The largest absolute Gasteiger partial charge is 0.383 e. The molecule has 1 saturated heterocycles. The minimum atomic E-state index is 0.455. The summed E-state index contributed by atoms with van der Waals surface area (Å²) in [6, 6.07) is 1.10. The van der Waals surface area contributed by atoms with E-state index in [0.717, 1.165) is 19.1 Å². The van der Waals surface area contributed by atoms with E-state index in [1.807, 2.05) is 0 Å². The highest BCUT2D eigenvalue weighted by molar-refractivity contribution is 4.76. The number of hydrogen-bond donors (Lipinski definition) is 1. The summed E-state index contributed by atoms with van der Waals surface area (Å²) in [7, 11) is 1.76. The molecule has 0 aromatic heterocycles. The van der Waals surface area contributed by atoms with Gasteiger partial charge in [-0.25, -0.2) is 0 Å². The standard InChI is InChI=1S/C13H28N2O/c1-11-5-7-15(8-6-11)13(3)9-14-12(2)10-16-4/h11-14H,5-10H2,1-4H3. The third-order valence-corrected chi connectivity index (χ3v) is 3.62. The van der Waals surface area contributed by atoms with Crippen molar-refractivity contribution in [3.8, 4) is 0 Å². The zero-order valence-corrected chi connectivity index (χ0v) is 11.3. The number of likely N-dealkylation sites (tertiary alicyclic amines) is 1. The van der Waals surface area contributed by atoms with Crippen LogP contribution in [-0.4, -0.2) is 50.3 Å². The van der Waals surface area contributed by atoms with Crippen molar-refractivity contribution in [2.24, 2.45) is 5.92 Å². The van der Waals surface area contributed by atoms with E-state index in [9.17, 15) is 0 Å². The lowest BCUT2D eigenvalue weighted by Crippen LogP contribution is -2.46. The zero-order valence-electron chi connectivity index (χ0n) is 11.3. The number of nitrogens with zero attached hydrogens (tertiary/aromatic N) is 1. The maximum absolute atomic E-state index is 5.12. The Morgan fingerprint density at radius 2 is 1.94 bits per heavy atom. The van der Waals surface area contributed by atoms with Crippen molar-refractivity contribution in [3.05, 3.63) is 0 Å². The molecule has 1 N–H and O–H groups in total. The van der Waals surface area contributed by atoms with Gasteiger partial charge < -0.3 is 10.1 Å². The molecule has 1 aliphatic rings. The first kappa shape index (κ1) is 13.9. The van der Waals surface area contributed by atoms with E-state index in [1.165, 1.54) is 25.9 Å². The molecule has 3 nitrogen and oxygen atoms in total. The summed E-state index contributed by atoms with van der Waals surface area (Å²) in [6.07, 6.45) is 2.72. The van der Waals surface area contributed by atoms with Gasteiger partial charge in [0.15, 0.2) is 0 Å². The summed E-state index contributed by atoms with van der Waals surface area (Å²) in [4.78, 5) is 2.60. The van der Waals surface area contributed by atoms with Crippen LogP contribution in [0.3, 0.4) is 0 Å². The molecule has 1 aliphatic heterocycles. The number of piperidine rings is 1. The van der Waals surface area contributed by atoms with E-state index in [2.05, 4.69) is 31.0 Å². The minimum Gasteiger partial charge on any atom is -0.383 e. The molecule has 0 radical (unpaired) electrons. The summed E-state index contributed by atoms with van der Waals surface area (Å²) in [5.74, 6) is 0.920. The van der Waals surface area contributed by atoms with E-state index in [4.69, 9.17) is 4.74 Å². The van der Waals surface area contributed by atoms with Crippen LogP contribution in [0.1, 0.15) is 33.6 Å². The third kappa shape index (κ3) is 4.81. The van der Waals surface area contributed by atoms with E-state index >= 15 is 0 Å². The van der Waals surface area contributed by atoms with Gasteiger partial charge in [0.25, 0.3) is 0 Å². The molecule has 2 atom stereocenters. The Morgan fingerprint density at radius 1 is 1.31 bits per heavy atom. The summed E-state index contributed by atoms with van der Waals surface area (Å²) >= 11 is 0. The highest BCUT2D eigenvalue weighted by Gasteiger charge is 2.20. The molecule has 0 aliphatic carbocycles. The predicted octanol–water partition coefficient (Wildman–Crippen LogP) is 1.73. The van der Waals surface area contributed by atoms with Crippen molar-refractivity contribution < 1.29 is 4.74 Å². The van der Waals surface area contributed by atoms with Crippen LogP contribution in [0.4, 0.5) is 0 Å². The van der Waals surface area contributed by atoms with Crippen LogP contribution in [0.15, 0.2) is 0 Å². The molecular weight excluding hydrogens is 200 g/mol. The average molecular weight is 228 g/mol. The molecule has 16 heavy (non-hydrogen) atoms. The molecule has 0 amide bonds. The molecule has 0 aromatic rings. The van der Waals surface area contributed by atoms with Crippen LogP contribution in [-0.2, 0) is 4.74 Å². The lowest BCUT2D eigenvalue weighted by molar-refractivity contribution is 0.133. The fourth-order valence-electron chi connectivity index (χ4n) is 2.28. The van der Waals surface area contributed by atoms with Crippen LogP contribution in [0.25, 0.3) is 0 Å². The fourth-order valence-corrected chi connectivity index (χ4v) is 2.28. The number of methoxy groups -OCH3 is 1. The van der Waals surface area contributed by atoms with Crippen LogP contribution in [0.2, 0.25) is 0 Å². The van der Waals surface area contributed by atoms with Crippen molar-refractivity contribution in [2.45, 2.75) is 45.7 Å². The minimum absolute atomic E-state index is 0.455. The topological polar surface area (TPSA) is 24.5 Å². The van der Waals surface area contributed by atoms with Crippen molar-refractivity contribution in [1.82, 2.24) is 10.2 Å². The SMILES string of the molecule is COCC(C)NCC(C)N1CCC(C)CC1. The van der Waals surface area contributed by atoms with Gasteiger partial charge in [-0.1, -0.05) is 6.92 Å². The van der Waals surface area contributed by atoms with Crippen LogP contribution in [0.5, 0.6) is 0 Å². The van der Waals surface area contributed by atoms with Gasteiger partial charge in [-0.05, 0) is 45.7 Å². The van der Waals surface area contributed by atoms with Crippen LogP contribution < -0.4 is 5.32 Å². The molecule has 0 bridgehead atoms. The zero-order chi connectivity index (χ0) is 12.0. The molecule has 0 aromatic carbocycles. The molecule has 1 heterocycles. The Kier molecular flexibility index (Phi) is 6.32. The molecule has 0 spiro atoms. The Morgan fingerprint density at radius 3 is 2.50 bits per heavy atom. The second-order valence-electron chi connectivity index (χ2n) is 5.33. The second-order valence-corrected chi connectivity index (χ2v) is 5.33. The van der Waals surface area contributed by atoms with Crippen molar-refractivity contribution in [1.29, 1.82) is 0 Å². The first-order chi connectivity index (χ1) is 7.63. The van der Waals surface area contributed by atoms with Crippen molar-refractivity contribution >= 4 is 0 Å². The summed E-state index contributed by atoms with van der Waals surface area (Å²) in [5, 5.41) is 3.53. The van der Waals surface area contributed by atoms with E-state index in [0.29, 0.717) is 12.1 Å². The van der Waals surface area contributed by atoms with E-state index < -0.39 is 0 Å². The Hall–Kier alpha value is -0.120. The Bertz CT molecular complexity index is 179. The molecule has 1 rings (SSSR count). The highest BCUT2D eigenvalue weighted by Crippen LogP contribution is 2.17. The molecule has 1 fully saturated rings. The second kappa shape index (κ2) is 7.25. The van der Waals surface area contributed by atoms with E-state index in [-0.39, 0.29) is 0 Å². The average Bonchev–Trinajstić information content (AvgIpc) is 2.27. The van der Waals surface area contributed by atoms with Gasteiger partial charge in [0, 0.05) is 25.7 Å². The monoisotopic (exact) mass is 228 g/mol. The van der Waals surface area contributed by atoms with Crippen LogP contribution in [0, 0.1) is 5.92 Å². The maximum atomic E-state index is 5.12. The molecular formula is C13H28N2O. The molecule has 0 saturated carbocycles. The quantitative estimate of drug-likeness (QED) is 0.749. The number of ether oxygens (including phenoxy) is 1. The van der Waals surface area contributed by atoms with Gasteiger partial charge in [0.1, 0.15) is 0 Å². The van der Waals surface area contributed by atoms with Gasteiger partial charge in [0.2, 0.25) is 0 Å². The smallest absolute Gasteiger partial charge is 0.0613 e. The highest BCUT2D eigenvalue weighted by atomic mass is 16.5. The summed E-state index contributed by atoms with van der Waals surface area (Å²) in [6.45, 7) is 11.3. The van der Waals surface area contributed by atoms with Gasteiger partial charge in [-0.2, -0.15) is 0 Å². The lowest BCUT2D eigenvalue weighted by atomic mass is 9.98. The maximum Gasteiger partial charge on any atom is 0.0613 e. The fraction of sp³-hybridized carbons (Fsp3) is 1.00. The first-order valence-corrected chi connectivity index (χ1v) is 6.59. The van der Waals surface area contributed by atoms with Crippen molar-refractivity contribution in [3.63, 3.8) is 0 Å². The van der Waals surface area contributed by atoms with Crippen molar-refractivity contribution in [2.75, 3.05) is 33.4 Å². The Balaban J connectivity index is 2.16. The molecule has 96 valence electrons. The number of nitrogens with one attached hydrogen (secondary N) is 1. The summed E-state index contributed by atoms with van der Waals surface area (Å²) in [5.41, 5.74) is 0. The third-order valence-electron chi connectivity index (χ3n) is 3.62. The predicted molar refractivity (Wildman–Crippen MR) is 68.8 cm³/mol. The number of rotatable bonds is 6. The molecule has 3 heteroatoms. The van der Waals surface area contributed by atoms with E-state index in [1.54, 1.807) is 7.11 Å². The Labute approximate surface area is 101 Å². The normalized spacial score (nSPS) is 23.2. The van der Waals surface area contributed by atoms with Gasteiger partial charge in [0.05, 0.1) is 6.61 Å². The van der Waals surface area contributed by atoms with Gasteiger partial charge in [-0.3, -0.25) is 4.90 Å².